The number of methoxy groups -OCH3 is 1. The first-order valence-corrected chi connectivity index (χ1v) is 7.77. The van der Waals surface area contributed by atoms with Gasteiger partial charge in [0.05, 0.1) is 23.7 Å². The van der Waals surface area contributed by atoms with E-state index >= 15 is 0 Å². The third kappa shape index (κ3) is 4.78. The van der Waals surface area contributed by atoms with Crippen LogP contribution < -0.4 is 14.8 Å². The van der Waals surface area contributed by atoms with E-state index in [-0.39, 0.29) is 5.91 Å². The van der Waals surface area contributed by atoms with Gasteiger partial charge in [-0.2, -0.15) is 0 Å². The van der Waals surface area contributed by atoms with E-state index in [1.807, 2.05) is 31.2 Å². The van der Waals surface area contributed by atoms with E-state index in [0.29, 0.717) is 34.5 Å². The lowest BCUT2D eigenvalue weighted by atomic mass is 10.2. The van der Waals surface area contributed by atoms with Crippen LogP contribution in [-0.2, 0) is 0 Å². The van der Waals surface area contributed by atoms with Crippen molar-refractivity contribution in [3.63, 3.8) is 0 Å². The van der Waals surface area contributed by atoms with Crippen LogP contribution in [0.4, 0.5) is 0 Å². The molecule has 4 nitrogen and oxygen atoms in total. The van der Waals surface area contributed by atoms with Gasteiger partial charge in [-0.05, 0) is 36.8 Å². The van der Waals surface area contributed by atoms with Crippen LogP contribution in [0.1, 0.15) is 15.9 Å². The SMILES string of the molecule is COc1c(Cl)cc(C(=O)NCCOc2cccc(C)c2)cc1Cl. The number of carbonyl (C=O) groups excluding carboxylic acids is 1. The summed E-state index contributed by atoms with van der Waals surface area (Å²) in [7, 11) is 1.47. The van der Waals surface area contributed by atoms with Crippen LogP contribution in [0, 0.1) is 6.92 Å². The van der Waals surface area contributed by atoms with Gasteiger partial charge in [-0.15, -0.1) is 0 Å². The zero-order valence-corrected chi connectivity index (χ0v) is 14.4. The monoisotopic (exact) mass is 353 g/mol. The van der Waals surface area contributed by atoms with Crippen molar-refractivity contribution >= 4 is 29.1 Å². The summed E-state index contributed by atoms with van der Waals surface area (Å²) in [6, 6.07) is 10.8. The molecule has 2 rings (SSSR count). The first kappa shape index (κ1) is 17.4. The van der Waals surface area contributed by atoms with Crippen LogP contribution >= 0.6 is 23.2 Å². The minimum absolute atomic E-state index is 0.274. The summed E-state index contributed by atoms with van der Waals surface area (Å²) in [4.78, 5) is 12.1. The molecule has 0 fully saturated rings. The molecule has 122 valence electrons. The van der Waals surface area contributed by atoms with E-state index in [0.717, 1.165) is 11.3 Å². The summed E-state index contributed by atoms with van der Waals surface area (Å²) in [5.74, 6) is 0.853. The second kappa shape index (κ2) is 8.09. The molecule has 0 heterocycles. The number of rotatable bonds is 6. The van der Waals surface area contributed by atoms with Crippen molar-refractivity contribution in [2.45, 2.75) is 6.92 Å². The Bertz CT molecular complexity index is 681. The van der Waals surface area contributed by atoms with Crippen LogP contribution in [0.2, 0.25) is 10.0 Å². The Morgan fingerprint density at radius 2 is 1.87 bits per heavy atom. The number of ether oxygens (including phenoxy) is 2. The second-order valence-electron chi connectivity index (χ2n) is 4.89. The smallest absolute Gasteiger partial charge is 0.251 e. The number of aryl methyl sites for hydroxylation is 1. The average molecular weight is 354 g/mol. The highest BCUT2D eigenvalue weighted by molar-refractivity contribution is 6.37. The van der Waals surface area contributed by atoms with Gasteiger partial charge in [-0.1, -0.05) is 35.3 Å². The Kier molecular flexibility index (Phi) is 6.13. The van der Waals surface area contributed by atoms with Crippen molar-refractivity contribution in [1.29, 1.82) is 0 Å². The summed E-state index contributed by atoms with van der Waals surface area (Å²) >= 11 is 12.0. The zero-order valence-electron chi connectivity index (χ0n) is 12.9. The normalized spacial score (nSPS) is 10.3. The predicted octanol–water partition coefficient (Wildman–Crippen LogP) is 4.12. The molecule has 0 bridgehead atoms. The largest absolute Gasteiger partial charge is 0.494 e. The molecular formula is C17H17Cl2NO3. The maximum Gasteiger partial charge on any atom is 0.251 e. The summed E-state index contributed by atoms with van der Waals surface area (Å²) in [6.07, 6.45) is 0. The molecule has 0 aliphatic carbocycles. The van der Waals surface area contributed by atoms with Crippen molar-refractivity contribution < 1.29 is 14.3 Å². The van der Waals surface area contributed by atoms with E-state index in [9.17, 15) is 4.79 Å². The Morgan fingerprint density at radius 1 is 1.17 bits per heavy atom. The van der Waals surface area contributed by atoms with Crippen LogP contribution in [0.5, 0.6) is 11.5 Å². The van der Waals surface area contributed by atoms with Gasteiger partial charge in [0.15, 0.2) is 5.75 Å². The molecule has 0 saturated heterocycles. The van der Waals surface area contributed by atoms with E-state index in [1.165, 1.54) is 19.2 Å². The van der Waals surface area contributed by atoms with Gasteiger partial charge >= 0.3 is 0 Å². The van der Waals surface area contributed by atoms with Crippen LogP contribution in [-0.4, -0.2) is 26.2 Å². The minimum Gasteiger partial charge on any atom is -0.494 e. The van der Waals surface area contributed by atoms with E-state index in [1.54, 1.807) is 0 Å². The maximum absolute atomic E-state index is 12.1. The fraction of sp³-hybridized carbons (Fsp3) is 0.235. The summed E-state index contributed by atoms with van der Waals surface area (Å²) < 4.78 is 10.6. The first-order valence-electron chi connectivity index (χ1n) is 7.02. The Balaban J connectivity index is 1.88. The molecule has 1 N–H and O–H groups in total. The maximum atomic E-state index is 12.1. The number of halogens is 2. The molecule has 0 atom stereocenters. The van der Waals surface area contributed by atoms with Crippen LogP contribution in [0.25, 0.3) is 0 Å². The molecular weight excluding hydrogens is 337 g/mol. The fourth-order valence-electron chi connectivity index (χ4n) is 2.03. The average Bonchev–Trinajstić information content (AvgIpc) is 2.51. The molecule has 0 aromatic heterocycles. The van der Waals surface area contributed by atoms with E-state index in [4.69, 9.17) is 32.7 Å². The van der Waals surface area contributed by atoms with Gasteiger partial charge in [-0.25, -0.2) is 0 Å². The van der Waals surface area contributed by atoms with Gasteiger partial charge in [0.2, 0.25) is 0 Å². The number of hydrogen-bond acceptors (Lipinski definition) is 3. The third-order valence-electron chi connectivity index (χ3n) is 3.11. The van der Waals surface area contributed by atoms with Crippen molar-refractivity contribution in [1.82, 2.24) is 5.32 Å². The second-order valence-corrected chi connectivity index (χ2v) is 5.71. The number of carbonyl (C=O) groups is 1. The minimum atomic E-state index is -0.274. The molecule has 6 heteroatoms. The fourth-order valence-corrected chi connectivity index (χ4v) is 2.67. The molecule has 0 saturated carbocycles. The molecule has 0 spiro atoms. The number of amides is 1. The number of benzene rings is 2. The molecule has 23 heavy (non-hydrogen) atoms. The summed E-state index contributed by atoms with van der Waals surface area (Å²) in [5.41, 5.74) is 1.49. The number of nitrogens with one attached hydrogen (secondary N) is 1. The standard InChI is InChI=1S/C17H17Cl2NO3/c1-11-4-3-5-13(8-11)23-7-6-20-17(21)12-9-14(18)16(22-2)15(19)10-12/h3-5,8-10H,6-7H2,1-2H3,(H,20,21). The first-order chi connectivity index (χ1) is 11.0. The lowest BCUT2D eigenvalue weighted by Crippen LogP contribution is -2.28. The van der Waals surface area contributed by atoms with Crippen molar-refractivity contribution in [3.8, 4) is 11.5 Å². The molecule has 2 aromatic rings. The highest BCUT2D eigenvalue weighted by Crippen LogP contribution is 2.33. The van der Waals surface area contributed by atoms with Crippen molar-refractivity contribution in [2.75, 3.05) is 20.3 Å². The number of hydrogen-bond donors (Lipinski definition) is 1. The lowest BCUT2D eigenvalue weighted by molar-refractivity contribution is 0.0947. The zero-order chi connectivity index (χ0) is 16.8. The molecule has 0 aliphatic heterocycles. The van der Waals surface area contributed by atoms with Gasteiger partial charge in [0, 0.05) is 5.56 Å². The van der Waals surface area contributed by atoms with Crippen molar-refractivity contribution in [3.05, 3.63) is 57.6 Å². The summed E-state index contributed by atoms with van der Waals surface area (Å²) in [6.45, 7) is 2.73. The van der Waals surface area contributed by atoms with Gasteiger partial charge in [0.25, 0.3) is 5.91 Å². The molecule has 0 aliphatic rings. The summed E-state index contributed by atoms with van der Waals surface area (Å²) in [5, 5.41) is 3.34. The Morgan fingerprint density at radius 3 is 2.48 bits per heavy atom. The van der Waals surface area contributed by atoms with Crippen LogP contribution in [0.15, 0.2) is 36.4 Å². The highest BCUT2D eigenvalue weighted by Gasteiger charge is 2.13. The lowest BCUT2D eigenvalue weighted by Gasteiger charge is -2.10. The predicted molar refractivity (Wildman–Crippen MR) is 92.0 cm³/mol. The van der Waals surface area contributed by atoms with Gasteiger partial charge < -0.3 is 14.8 Å². The Hall–Kier alpha value is -1.91. The molecule has 0 unspecified atom stereocenters. The Labute approximate surface area is 145 Å². The third-order valence-corrected chi connectivity index (χ3v) is 3.67. The van der Waals surface area contributed by atoms with Gasteiger partial charge in [0.1, 0.15) is 12.4 Å². The highest BCUT2D eigenvalue weighted by atomic mass is 35.5. The molecule has 2 aromatic carbocycles. The molecule has 0 radical (unpaired) electrons. The van der Waals surface area contributed by atoms with Crippen LogP contribution in [0.3, 0.4) is 0 Å². The van der Waals surface area contributed by atoms with Crippen molar-refractivity contribution in [2.24, 2.45) is 0 Å². The van der Waals surface area contributed by atoms with E-state index in [2.05, 4.69) is 5.32 Å². The quantitative estimate of drug-likeness (QED) is 0.794. The van der Waals surface area contributed by atoms with Gasteiger partial charge in [-0.3, -0.25) is 4.79 Å². The molecule has 1 amide bonds. The topological polar surface area (TPSA) is 47.6 Å². The van der Waals surface area contributed by atoms with E-state index < -0.39 is 0 Å².